The second-order valence-electron chi connectivity index (χ2n) is 5.12. The maximum atomic E-state index is 3.73. The van der Waals surface area contributed by atoms with Crippen molar-refractivity contribution in [2.75, 3.05) is 0 Å². The topological polar surface area (TPSA) is 0 Å². The maximum Gasteiger partial charge on any atom is 0.0510 e. The molecule has 0 nitrogen and oxygen atoms in total. The molecule has 2 aromatic carbocycles. The summed E-state index contributed by atoms with van der Waals surface area (Å²) in [6.07, 6.45) is 0. The minimum atomic E-state index is 1.13. The van der Waals surface area contributed by atoms with Crippen molar-refractivity contribution in [1.82, 2.24) is 0 Å². The van der Waals surface area contributed by atoms with Gasteiger partial charge in [0, 0.05) is 0 Å². The van der Waals surface area contributed by atoms with Crippen molar-refractivity contribution in [2.45, 2.75) is 13.8 Å². The molecule has 0 saturated heterocycles. The van der Waals surface area contributed by atoms with Gasteiger partial charge in [0.15, 0.2) is 0 Å². The highest BCUT2D eigenvalue weighted by Gasteiger charge is 2.16. The first kappa shape index (κ1) is 15.0. The van der Waals surface area contributed by atoms with Crippen molar-refractivity contribution >= 4 is 43.2 Å². The number of benzene rings is 2. The van der Waals surface area contributed by atoms with Gasteiger partial charge in [0.1, 0.15) is 0 Å². The van der Waals surface area contributed by atoms with Gasteiger partial charge in [-0.05, 0) is 56.8 Å². The molecule has 0 saturated carbocycles. The molecule has 0 unspecified atom stereocenters. The molecule has 3 rings (SSSR count). The van der Waals surface area contributed by atoms with Crippen LogP contribution in [0.4, 0.5) is 0 Å². The lowest BCUT2D eigenvalue weighted by Crippen LogP contribution is -1.75. The summed E-state index contributed by atoms with van der Waals surface area (Å²) >= 11 is 9.27. The molecule has 1 heterocycles. The van der Waals surface area contributed by atoms with Crippen molar-refractivity contribution in [2.24, 2.45) is 0 Å². The van der Waals surface area contributed by atoms with Gasteiger partial charge in [0.05, 0.1) is 18.7 Å². The largest absolute Gasteiger partial charge is 0.133 e. The number of rotatable bonds is 2. The van der Waals surface area contributed by atoms with Crippen LogP contribution in [0.5, 0.6) is 0 Å². The molecule has 3 aromatic rings. The van der Waals surface area contributed by atoms with Gasteiger partial charge < -0.3 is 0 Å². The molecule has 0 aliphatic heterocycles. The van der Waals surface area contributed by atoms with Gasteiger partial charge in [-0.15, -0.1) is 11.3 Å². The second-order valence-corrected chi connectivity index (χ2v) is 7.73. The van der Waals surface area contributed by atoms with Crippen molar-refractivity contribution in [3.05, 3.63) is 68.6 Å². The van der Waals surface area contributed by atoms with Crippen molar-refractivity contribution in [1.29, 1.82) is 0 Å². The zero-order valence-electron chi connectivity index (χ0n) is 11.8. The third-order valence-corrected chi connectivity index (χ3v) is 7.35. The Morgan fingerprint density at radius 1 is 0.619 bits per heavy atom. The third kappa shape index (κ3) is 3.01. The predicted molar refractivity (Wildman–Crippen MR) is 100 cm³/mol. The van der Waals surface area contributed by atoms with Crippen LogP contribution in [-0.4, -0.2) is 0 Å². The zero-order chi connectivity index (χ0) is 15.0. The molecule has 106 valence electrons. The Hall–Kier alpha value is -0.900. The number of thiophene rings is 1. The highest BCUT2D eigenvalue weighted by molar-refractivity contribution is 9.13. The Morgan fingerprint density at radius 2 is 0.952 bits per heavy atom. The number of hydrogen-bond donors (Lipinski definition) is 0. The van der Waals surface area contributed by atoms with Crippen molar-refractivity contribution < 1.29 is 0 Å². The fourth-order valence-corrected chi connectivity index (χ4v) is 4.87. The highest BCUT2D eigenvalue weighted by Crippen LogP contribution is 2.48. The molecule has 1 aromatic heterocycles. The van der Waals surface area contributed by atoms with E-state index in [1.807, 2.05) is 11.3 Å². The number of hydrogen-bond acceptors (Lipinski definition) is 1. The van der Waals surface area contributed by atoms with E-state index in [9.17, 15) is 0 Å². The van der Waals surface area contributed by atoms with Gasteiger partial charge in [0.2, 0.25) is 0 Å². The summed E-state index contributed by atoms with van der Waals surface area (Å²) in [6, 6.07) is 17.3. The van der Waals surface area contributed by atoms with Gasteiger partial charge in [0.25, 0.3) is 0 Å². The Labute approximate surface area is 146 Å². The van der Waals surface area contributed by atoms with Gasteiger partial charge in [-0.3, -0.25) is 0 Å². The third-order valence-electron chi connectivity index (χ3n) is 3.42. The Balaban J connectivity index is 2.11. The Kier molecular flexibility index (Phi) is 4.34. The van der Waals surface area contributed by atoms with E-state index in [1.54, 1.807) is 0 Å². The maximum absolute atomic E-state index is 3.73. The fraction of sp³-hybridized carbons (Fsp3) is 0.111. The van der Waals surface area contributed by atoms with Crippen LogP contribution in [0.25, 0.3) is 20.9 Å². The first-order chi connectivity index (χ1) is 10.1. The first-order valence-corrected chi connectivity index (χ1v) is 9.08. The van der Waals surface area contributed by atoms with Crippen LogP contribution < -0.4 is 0 Å². The van der Waals surface area contributed by atoms with E-state index < -0.39 is 0 Å². The molecule has 0 atom stereocenters. The lowest BCUT2D eigenvalue weighted by molar-refractivity contribution is 1.47. The van der Waals surface area contributed by atoms with Crippen LogP contribution in [0.3, 0.4) is 0 Å². The van der Waals surface area contributed by atoms with Crippen LogP contribution in [0.2, 0.25) is 0 Å². The summed E-state index contributed by atoms with van der Waals surface area (Å²) < 4.78 is 2.26. The molecular formula is C18H14Br2S. The summed E-state index contributed by atoms with van der Waals surface area (Å²) in [6.45, 7) is 4.22. The van der Waals surface area contributed by atoms with Gasteiger partial charge in [-0.25, -0.2) is 0 Å². The molecule has 0 radical (unpaired) electrons. The van der Waals surface area contributed by atoms with Crippen LogP contribution in [0.15, 0.2) is 57.5 Å². The average molecular weight is 422 g/mol. The number of aryl methyl sites for hydroxylation is 2. The minimum absolute atomic E-state index is 1.13. The molecule has 0 fully saturated rings. The van der Waals surface area contributed by atoms with Gasteiger partial charge in [-0.1, -0.05) is 59.7 Å². The van der Waals surface area contributed by atoms with Crippen molar-refractivity contribution in [3.63, 3.8) is 0 Å². The Bertz CT molecular complexity index is 702. The first-order valence-electron chi connectivity index (χ1n) is 6.68. The molecular weight excluding hydrogens is 408 g/mol. The van der Waals surface area contributed by atoms with E-state index >= 15 is 0 Å². The minimum Gasteiger partial charge on any atom is -0.133 e. The quantitative estimate of drug-likeness (QED) is 0.409. The van der Waals surface area contributed by atoms with Gasteiger partial charge in [-0.2, -0.15) is 0 Å². The van der Waals surface area contributed by atoms with Crippen LogP contribution >= 0.6 is 43.2 Å². The van der Waals surface area contributed by atoms with E-state index in [1.165, 1.54) is 32.0 Å². The van der Waals surface area contributed by atoms with E-state index in [-0.39, 0.29) is 0 Å². The summed E-state index contributed by atoms with van der Waals surface area (Å²) in [5, 5.41) is 0. The van der Waals surface area contributed by atoms with E-state index in [0.29, 0.717) is 0 Å². The molecule has 0 spiro atoms. The lowest BCUT2D eigenvalue weighted by atomic mass is 10.1. The number of halogens is 2. The lowest BCUT2D eigenvalue weighted by Gasteiger charge is -2.00. The van der Waals surface area contributed by atoms with E-state index in [0.717, 1.165) is 8.95 Å². The molecule has 21 heavy (non-hydrogen) atoms. The molecule has 0 amide bonds. The summed E-state index contributed by atoms with van der Waals surface area (Å²) in [5.74, 6) is 0. The molecule has 3 heteroatoms. The highest BCUT2D eigenvalue weighted by atomic mass is 79.9. The smallest absolute Gasteiger partial charge is 0.0510 e. The Morgan fingerprint density at radius 3 is 1.29 bits per heavy atom. The van der Waals surface area contributed by atoms with Crippen molar-refractivity contribution in [3.8, 4) is 20.9 Å². The zero-order valence-corrected chi connectivity index (χ0v) is 15.8. The van der Waals surface area contributed by atoms with E-state index in [2.05, 4.69) is 94.2 Å². The summed E-state index contributed by atoms with van der Waals surface area (Å²) in [5.41, 5.74) is 5.06. The van der Waals surface area contributed by atoms with Crippen LogP contribution in [0.1, 0.15) is 11.1 Å². The normalized spacial score (nSPS) is 10.9. The predicted octanol–water partition coefficient (Wildman–Crippen LogP) is 7.22. The van der Waals surface area contributed by atoms with Gasteiger partial charge >= 0.3 is 0 Å². The molecule has 0 aliphatic rings. The monoisotopic (exact) mass is 420 g/mol. The SMILES string of the molecule is Cc1ccc(-c2sc(-c3ccc(C)cc3)c(Br)c2Br)cc1. The summed E-state index contributed by atoms with van der Waals surface area (Å²) in [4.78, 5) is 2.52. The molecule has 0 aliphatic carbocycles. The molecule has 0 N–H and O–H groups in total. The average Bonchev–Trinajstić information content (AvgIpc) is 2.78. The van der Waals surface area contributed by atoms with Crippen LogP contribution in [0, 0.1) is 13.8 Å². The van der Waals surface area contributed by atoms with Crippen LogP contribution in [-0.2, 0) is 0 Å². The summed E-state index contributed by atoms with van der Waals surface area (Å²) in [7, 11) is 0. The standard InChI is InChI=1S/C18H14Br2S/c1-11-3-7-13(8-4-11)17-15(19)16(20)18(21-17)14-9-5-12(2)6-10-14/h3-10H,1-2H3. The second kappa shape index (κ2) is 6.07. The van der Waals surface area contributed by atoms with E-state index in [4.69, 9.17) is 0 Å². The fourth-order valence-electron chi connectivity index (χ4n) is 2.17. The molecule has 0 bridgehead atoms.